The first-order chi connectivity index (χ1) is 14.2. The predicted molar refractivity (Wildman–Crippen MR) is 113 cm³/mol. The standard InChI is InChI=1S/C23H24N4O2/c28-22(17-5-7-19(8-6-17)27-14-11-24-23(27)29)26-12-9-16(10-13-26)21-15-18-3-1-2-4-20(18)25-21/h1-8,15-16,25H,9-14H2,(H,24,29). The highest BCUT2D eigenvalue weighted by molar-refractivity contribution is 5.97. The monoisotopic (exact) mass is 388 g/mol. The van der Waals surface area contributed by atoms with E-state index in [0.29, 0.717) is 24.6 Å². The van der Waals surface area contributed by atoms with Crippen molar-refractivity contribution in [3.63, 3.8) is 0 Å². The average Bonchev–Trinajstić information content (AvgIpc) is 3.39. The highest BCUT2D eigenvalue weighted by atomic mass is 16.2. The number of nitrogens with one attached hydrogen (secondary N) is 2. The van der Waals surface area contributed by atoms with Gasteiger partial charge in [0.2, 0.25) is 0 Å². The third-order valence-electron chi connectivity index (χ3n) is 6.06. The van der Waals surface area contributed by atoms with Crippen LogP contribution in [0.15, 0.2) is 54.6 Å². The van der Waals surface area contributed by atoms with Crippen LogP contribution >= 0.6 is 0 Å². The van der Waals surface area contributed by atoms with Crippen molar-refractivity contribution in [2.75, 3.05) is 31.1 Å². The summed E-state index contributed by atoms with van der Waals surface area (Å²) in [5.41, 5.74) is 3.95. The molecule has 0 saturated carbocycles. The van der Waals surface area contributed by atoms with Gasteiger partial charge in [0.1, 0.15) is 0 Å². The van der Waals surface area contributed by atoms with Crippen molar-refractivity contribution in [1.29, 1.82) is 0 Å². The number of benzene rings is 2. The van der Waals surface area contributed by atoms with E-state index < -0.39 is 0 Å². The molecule has 29 heavy (non-hydrogen) atoms. The number of carbonyl (C=O) groups excluding carboxylic acids is 2. The zero-order valence-electron chi connectivity index (χ0n) is 16.2. The largest absolute Gasteiger partial charge is 0.358 e. The zero-order valence-corrected chi connectivity index (χ0v) is 16.2. The van der Waals surface area contributed by atoms with E-state index in [9.17, 15) is 9.59 Å². The number of H-pyrrole nitrogens is 1. The van der Waals surface area contributed by atoms with Crippen LogP contribution in [0.4, 0.5) is 10.5 Å². The van der Waals surface area contributed by atoms with Gasteiger partial charge in [-0.25, -0.2) is 4.79 Å². The zero-order chi connectivity index (χ0) is 19.8. The number of aromatic amines is 1. The van der Waals surface area contributed by atoms with Gasteiger partial charge in [0.25, 0.3) is 5.91 Å². The molecule has 2 saturated heterocycles. The van der Waals surface area contributed by atoms with E-state index in [1.807, 2.05) is 35.2 Å². The van der Waals surface area contributed by atoms with Crippen molar-refractivity contribution in [1.82, 2.24) is 15.2 Å². The molecule has 0 spiro atoms. The maximum atomic E-state index is 12.9. The van der Waals surface area contributed by atoms with Crippen molar-refractivity contribution < 1.29 is 9.59 Å². The number of piperidine rings is 1. The van der Waals surface area contributed by atoms with E-state index in [1.54, 1.807) is 4.90 Å². The first-order valence-corrected chi connectivity index (χ1v) is 10.2. The molecular weight excluding hydrogens is 364 g/mol. The highest BCUT2D eigenvalue weighted by Crippen LogP contribution is 2.30. The van der Waals surface area contributed by atoms with Crippen LogP contribution in [-0.4, -0.2) is 48.0 Å². The summed E-state index contributed by atoms with van der Waals surface area (Å²) in [6, 6.07) is 17.9. The fraction of sp³-hybridized carbons (Fsp3) is 0.304. The van der Waals surface area contributed by atoms with Crippen LogP contribution in [0.2, 0.25) is 0 Å². The molecular formula is C23H24N4O2. The molecule has 2 aliphatic heterocycles. The van der Waals surface area contributed by atoms with E-state index >= 15 is 0 Å². The first kappa shape index (κ1) is 17.8. The molecule has 148 valence electrons. The summed E-state index contributed by atoms with van der Waals surface area (Å²) in [5, 5.41) is 4.04. The Labute approximate surface area is 169 Å². The van der Waals surface area contributed by atoms with Crippen molar-refractivity contribution in [2.24, 2.45) is 0 Å². The van der Waals surface area contributed by atoms with E-state index in [4.69, 9.17) is 0 Å². The van der Waals surface area contributed by atoms with Crippen LogP contribution in [-0.2, 0) is 0 Å². The van der Waals surface area contributed by atoms with Crippen LogP contribution in [0.25, 0.3) is 10.9 Å². The lowest BCUT2D eigenvalue weighted by atomic mass is 9.93. The minimum atomic E-state index is -0.0804. The van der Waals surface area contributed by atoms with Gasteiger partial charge in [-0.2, -0.15) is 0 Å². The number of urea groups is 1. The molecule has 0 unspecified atom stereocenters. The Morgan fingerprint density at radius 3 is 2.41 bits per heavy atom. The molecule has 0 radical (unpaired) electrons. The van der Waals surface area contributed by atoms with E-state index in [0.717, 1.165) is 31.6 Å². The van der Waals surface area contributed by atoms with E-state index in [-0.39, 0.29) is 11.9 Å². The van der Waals surface area contributed by atoms with Gasteiger partial charge in [-0.05, 0) is 54.6 Å². The summed E-state index contributed by atoms with van der Waals surface area (Å²) in [4.78, 5) is 31.9. The Bertz CT molecular complexity index is 1020. The van der Waals surface area contributed by atoms with Gasteiger partial charge in [0.05, 0.1) is 0 Å². The van der Waals surface area contributed by atoms with E-state index in [1.165, 1.54) is 16.6 Å². The minimum absolute atomic E-state index is 0.0671. The number of hydrogen-bond acceptors (Lipinski definition) is 2. The number of rotatable bonds is 3. The van der Waals surface area contributed by atoms with Crippen molar-refractivity contribution in [2.45, 2.75) is 18.8 Å². The molecule has 0 bridgehead atoms. The summed E-state index contributed by atoms with van der Waals surface area (Å²) in [7, 11) is 0. The Morgan fingerprint density at radius 2 is 1.72 bits per heavy atom. The number of hydrogen-bond donors (Lipinski definition) is 2. The van der Waals surface area contributed by atoms with Gasteiger partial charge in [-0.1, -0.05) is 18.2 Å². The number of likely N-dealkylation sites (tertiary alicyclic amines) is 1. The average molecular weight is 388 g/mol. The number of amides is 3. The molecule has 0 atom stereocenters. The SMILES string of the molecule is O=C(c1ccc(N2CCNC2=O)cc1)N1CCC(c2cc3ccccc3[nH]2)CC1. The van der Waals surface area contributed by atoms with Crippen molar-refractivity contribution in [3.05, 3.63) is 65.9 Å². The first-order valence-electron chi connectivity index (χ1n) is 10.2. The van der Waals surface area contributed by atoms with Gasteiger partial charge >= 0.3 is 6.03 Å². The summed E-state index contributed by atoms with van der Waals surface area (Å²) >= 11 is 0. The second kappa shape index (κ2) is 7.28. The topological polar surface area (TPSA) is 68.4 Å². The Morgan fingerprint density at radius 1 is 0.966 bits per heavy atom. The number of anilines is 1. The maximum absolute atomic E-state index is 12.9. The molecule has 1 aromatic heterocycles. The van der Waals surface area contributed by atoms with Crippen LogP contribution in [0.1, 0.15) is 34.8 Å². The van der Waals surface area contributed by atoms with Crippen LogP contribution in [0, 0.1) is 0 Å². The second-order valence-electron chi connectivity index (χ2n) is 7.81. The van der Waals surface area contributed by atoms with Crippen molar-refractivity contribution in [3.8, 4) is 0 Å². The fourth-order valence-electron chi connectivity index (χ4n) is 4.39. The molecule has 3 amide bonds. The van der Waals surface area contributed by atoms with Crippen molar-refractivity contribution >= 4 is 28.5 Å². The van der Waals surface area contributed by atoms with Gasteiger partial charge in [0, 0.05) is 54.6 Å². The molecule has 6 nitrogen and oxygen atoms in total. The third-order valence-corrected chi connectivity index (χ3v) is 6.06. The van der Waals surface area contributed by atoms with Crippen LogP contribution < -0.4 is 10.2 Å². The molecule has 3 heterocycles. The second-order valence-corrected chi connectivity index (χ2v) is 7.81. The normalized spacial score (nSPS) is 17.7. The Balaban J connectivity index is 1.23. The molecule has 3 aromatic rings. The summed E-state index contributed by atoms with van der Waals surface area (Å²) in [5.74, 6) is 0.528. The molecule has 6 heteroatoms. The maximum Gasteiger partial charge on any atom is 0.321 e. The lowest BCUT2D eigenvalue weighted by Crippen LogP contribution is -2.38. The number of nitrogens with zero attached hydrogens (tertiary/aromatic N) is 2. The summed E-state index contributed by atoms with van der Waals surface area (Å²) in [6.07, 6.45) is 1.93. The number of fused-ring (bicyclic) bond motifs is 1. The molecule has 2 N–H and O–H groups in total. The molecule has 2 aromatic carbocycles. The molecule has 2 aliphatic rings. The number of para-hydroxylation sites is 1. The molecule has 0 aliphatic carbocycles. The Hall–Kier alpha value is -3.28. The van der Waals surface area contributed by atoms with Gasteiger partial charge in [-0.3, -0.25) is 9.69 Å². The predicted octanol–water partition coefficient (Wildman–Crippen LogP) is 3.72. The fourth-order valence-corrected chi connectivity index (χ4v) is 4.39. The van der Waals surface area contributed by atoms with Crippen LogP contribution in [0.3, 0.4) is 0 Å². The smallest absolute Gasteiger partial charge is 0.321 e. The van der Waals surface area contributed by atoms with Gasteiger partial charge in [0.15, 0.2) is 0 Å². The molecule has 2 fully saturated rings. The highest BCUT2D eigenvalue weighted by Gasteiger charge is 2.26. The number of carbonyl (C=O) groups is 2. The Kier molecular flexibility index (Phi) is 4.46. The van der Waals surface area contributed by atoms with Gasteiger partial charge in [-0.15, -0.1) is 0 Å². The lowest BCUT2D eigenvalue weighted by Gasteiger charge is -2.31. The lowest BCUT2D eigenvalue weighted by molar-refractivity contribution is 0.0712. The quantitative estimate of drug-likeness (QED) is 0.718. The minimum Gasteiger partial charge on any atom is -0.358 e. The van der Waals surface area contributed by atoms with E-state index in [2.05, 4.69) is 34.6 Å². The summed E-state index contributed by atoms with van der Waals surface area (Å²) < 4.78 is 0. The summed E-state index contributed by atoms with van der Waals surface area (Å²) in [6.45, 7) is 2.84. The molecule has 5 rings (SSSR count). The third kappa shape index (κ3) is 3.35. The van der Waals surface area contributed by atoms with Gasteiger partial charge < -0.3 is 15.2 Å². The number of aromatic nitrogens is 1. The van der Waals surface area contributed by atoms with Crippen LogP contribution in [0.5, 0.6) is 0 Å².